The minimum absolute atomic E-state index is 0.0309. The van der Waals surface area contributed by atoms with Gasteiger partial charge in [-0.25, -0.2) is 0 Å². The fraction of sp³-hybridized carbons (Fsp3) is 0.538. The van der Waals surface area contributed by atoms with E-state index < -0.39 is 0 Å². The third-order valence-electron chi connectivity index (χ3n) is 2.99. The lowest BCUT2D eigenvalue weighted by Gasteiger charge is -2.31. The molecule has 1 heterocycles. The van der Waals surface area contributed by atoms with Crippen LogP contribution < -0.4 is 0 Å². The summed E-state index contributed by atoms with van der Waals surface area (Å²) in [6.07, 6.45) is 7.27. The Morgan fingerprint density at radius 1 is 1.18 bits per heavy atom. The Bertz CT molecular complexity index is 326. The monoisotopic (exact) mass is 236 g/mol. The first-order chi connectivity index (χ1) is 8.21. The Morgan fingerprint density at radius 2 is 1.82 bits per heavy atom. The molecule has 0 bridgehead atoms. The Labute approximate surface area is 103 Å². The number of hydrogen-bond acceptors (Lipinski definition) is 2. The van der Waals surface area contributed by atoms with Gasteiger partial charge >= 0.3 is 0 Å². The largest absolute Gasteiger partial charge is 0.342 e. The molecule has 1 rings (SSSR count). The predicted octanol–water partition coefficient (Wildman–Crippen LogP) is 1.20. The summed E-state index contributed by atoms with van der Waals surface area (Å²) < 4.78 is 0. The van der Waals surface area contributed by atoms with E-state index in [1.54, 1.807) is 15.9 Å². The van der Waals surface area contributed by atoms with Crippen LogP contribution >= 0.6 is 0 Å². The fourth-order valence-electron chi connectivity index (χ4n) is 1.75. The molecule has 17 heavy (non-hydrogen) atoms. The SMILES string of the molecule is C/C=C(/C=C/C(=O)N1CCN(C=O)CC1)CC. The second-order valence-corrected chi connectivity index (χ2v) is 4.02. The van der Waals surface area contributed by atoms with Gasteiger partial charge in [0, 0.05) is 32.3 Å². The zero-order valence-corrected chi connectivity index (χ0v) is 10.6. The molecule has 1 fully saturated rings. The molecule has 0 N–H and O–H groups in total. The van der Waals surface area contributed by atoms with Crippen molar-refractivity contribution in [2.45, 2.75) is 20.3 Å². The van der Waals surface area contributed by atoms with Gasteiger partial charge in [0.2, 0.25) is 12.3 Å². The van der Waals surface area contributed by atoms with Crippen LogP contribution in [0.2, 0.25) is 0 Å². The van der Waals surface area contributed by atoms with Crippen LogP contribution in [0.4, 0.5) is 0 Å². The van der Waals surface area contributed by atoms with Crippen molar-refractivity contribution in [2.24, 2.45) is 0 Å². The van der Waals surface area contributed by atoms with Gasteiger partial charge in [-0.1, -0.05) is 24.6 Å². The molecule has 0 aromatic heterocycles. The molecule has 0 saturated carbocycles. The lowest BCUT2D eigenvalue weighted by atomic mass is 10.2. The van der Waals surface area contributed by atoms with Gasteiger partial charge in [0.05, 0.1) is 0 Å². The van der Waals surface area contributed by atoms with Gasteiger partial charge < -0.3 is 9.80 Å². The van der Waals surface area contributed by atoms with Gasteiger partial charge in [-0.05, 0) is 13.3 Å². The number of allylic oxidation sites excluding steroid dienone is 3. The van der Waals surface area contributed by atoms with Crippen LogP contribution in [0.3, 0.4) is 0 Å². The highest BCUT2D eigenvalue weighted by molar-refractivity contribution is 5.88. The highest BCUT2D eigenvalue weighted by atomic mass is 16.2. The lowest BCUT2D eigenvalue weighted by Crippen LogP contribution is -2.47. The van der Waals surface area contributed by atoms with Crippen molar-refractivity contribution in [3.05, 3.63) is 23.8 Å². The summed E-state index contributed by atoms with van der Waals surface area (Å²) in [5.74, 6) is 0.0309. The quantitative estimate of drug-likeness (QED) is 0.418. The molecular weight excluding hydrogens is 216 g/mol. The van der Waals surface area contributed by atoms with Gasteiger partial charge in [-0.15, -0.1) is 0 Å². The summed E-state index contributed by atoms with van der Waals surface area (Å²) in [7, 11) is 0. The highest BCUT2D eigenvalue weighted by Gasteiger charge is 2.17. The van der Waals surface area contributed by atoms with Crippen molar-refractivity contribution in [1.29, 1.82) is 0 Å². The van der Waals surface area contributed by atoms with E-state index in [2.05, 4.69) is 6.92 Å². The van der Waals surface area contributed by atoms with Crippen LogP contribution in [0.15, 0.2) is 23.8 Å². The Balaban J connectivity index is 2.47. The van der Waals surface area contributed by atoms with Crippen LogP contribution in [0.25, 0.3) is 0 Å². The van der Waals surface area contributed by atoms with E-state index in [-0.39, 0.29) is 5.91 Å². The average molecular weight is 236 g/mol. The van der Waals surface area contributed by atoms with E-state index in [0.29, 0.717) is 26.2 Å². The minimum Gasteiger partial charge on any atom is -0.342 e. The molecular formula is C13H20N2O2. The second-order valence-electron chi connectivity index (χ2n) is 4.02. The molecule has 0 radical (unpaired) electrons. The summed E-state index contributed by atoms with van der Waals surface area (Å²) in [5.41, 5.74) is 1.16. The zero-order chi connectivity index (χ0) is 12.7. The molecule has 0 spiro atoms. The number of carbonyl (C=O) groups is 2. The van der Waals surface area contributed by atoms with Gasteiger partial charge in [0.15, 0.2) is 0 Å². The maximum absolute atomic E-state index is 11.8. The molecule has 0 aromatic rings. The van der Waals surface area contributed by atoms with Crippen LogP contribution in [0, 0.1) is 0 Å². The zero-order valence-electron chi connectivity index (χ0n) is 10.6. The molecule has 0 unspecified atom stereocenters. The number of amides is 2. The number of piperazine rings is 1. The minimum atomic E-state index is 0.0309. The van der Waals surface area contributed by atoms with Crippen molar-refractivity contribution in [3.63, 3.8) is 0 Å². The third kappa shape index (κ3) is 4.06. The number of nitrogens with zero attached hydrogens (tertiary/aromatic N) is 2. The van der Waals surface area contributed by atoms with E-state index in [1.165, 1.54) is 0 Å². The molecule has 2 amide bonds. The van der Waals surface area contributed by atoms with E-state index in [9.17, 15) is 9.59 Å². The molecule has 1 aliphatic heterocycles. The number of carbonyl (C=O) groups excluding carboxylic acids is 2. The lowest BCUT2D eigenvalue weighted by molar-refractivity contribution is -0.130. The first kappa shape index (κ1) is 13.5. The van der Waals surface area contributed by atoms with Crippen molar-refractivity contribution < 1.29 is 9.59 Å². The Morgan fingerprint density at radius 3 is 2.29 bits per heavy atom. The molecule has 0 aliphatic carbocycles. The summed E-state index contributed by atoms with van der Waals surface area (Å²) in [5, 5.41) is 0. The standard InChI is InChI=1S/C13H20N2O2/c1-3-12(4-2)5-6-13(17)15-9-7-14(11-16)8-10-15/h3,5-6,11H,4,7-10H2,1-2H3/b6-5+,12-3+. The van der Waals surface area contributed by atoms with Crippen LogP contribution in [-0.4, -0.2) is 48.3 Å². The van der Waals surface area contributed by atoms with E-state index in [4.69, 9.17) is 0 Å². The van der Waals surface area contributed by atoms with Gasteiger partial charge in [0.25, 0.3) is 0 Å². The van der Waals surface area contributed by atoms with E-state index in [1.807, 2.05) is 19.1 Å². The maximum atomic E-state index is 11.8. The van der Waals surface area contributed by atoms with E-state index >= 15 is 0 Å². The van der Waals surface area contributed by atoms with E-state index in [0.717, 1.165) is 18.4 Å². The molecule has 0 aromatic carbocycles. The average Bonchev–Trinajstić information content (AvgIpc) is 2.39. The summed E-state index contributed by atoms with van der Waals surface area (Å²) in [6.45, 7) is 6.54. The van der Waals surface area contributed by atoms with Gasteiger partial charge in [-0.3, -0.25) is 9.59 Å². The van der Waals surface area contributed by atoms with Crippen molar-refractivity contribution in [1.82, 2.24) is 9.80 Å². The molecule has 1 saturated heterocycles. The third-order valence-corrected chi connectivity index (χ3v) is 2.99. The molecule has 4 heteroatoms. The topological polar surface area (TPSA) is 40.6 Å². The highest BCUT2D eigenvalue weighted by Crippen LogP contribution is 2.04. The molecule has 94 valence electrons. The first-order valence-corrected chi connectivity index (χ1v) is 6.02. The molecule has 1 aliphatic rings. The second kappa shape index (κ2) is 6.89. The Kier molecular flexibility index (Phi) is 5.46. The fourth-order valence-corrected chi connectivity index (χ4v) is 1.75. The van der Waals surface area contributed by atoms with Crippen molar-refractivity contribution >= 4 is 12.3 Å². The van der Waals surface area contributed by atoms with Gasteiger partial charge in [0.1, 0.15) is 0 Å². The summed E-state index contributed by atoms with van der Waals surface area (Å²) in [4.78, 5) is 25.8. The molecule has 4 nitrogen and oxygen atoms in total. The smallest absolute Gasteiger partial charge is 0.246 e. The maximum Gasteiger partial charge on any atom is 0.246 e. The Hall–Kier alpha value is -1.58. The molecule has 0 atom stereocenters. The number of rotatable bonds is 4. The van der Waals surface area contributed by atoms with Crippen LogP contribution in [0.1, 0.15) is 20.3 Å². The summed E-state index contributed by atoms with van der Waals surface area (Å²) >= 11 is 0. The predicted molar refractivity (Wildman–Crippen MR) is 67.4 cm³/mol. The van der Waals surface area contributed by atoms with Crippen LogP contribution in [0.5, 0.6) is 0 Å². The van der Waals surface area contributed by atoms with Crippen molar-refractivity contribution in [2.75, 3.05) is 26.2 Å². The summed E-state index contributed by atoms with van der Waals surface area (Å²) in [6, 6.07) is 0. The van der Waals surface area contributed by atoms with Gasteiger partial charge in [-0.2, -0.15) is 0 Å². The normalized spacial score (nSPS) is 17.6. The van der Waals surface area contributed by atoms with Crippen LogP contribution in [-0.2, 0) is 9.59 Å². The van der Waals surface area contributed by atoms with Crippen molar-refractivity contribution in [3.8, 4) is 0 Å². The number of hydrogen-bond donors (Lipinski definition) is 0. The first-order valence-electron chi connectivity index (χ1n) is 6.02.